The molecule has 94 valence electrons. The zero-order valence-corrected chi connectivity index (χ0v) is 10.7. The van der Waals surface area contributed by atoms with Gasteiger partial charge in [-0.15, -0.1) is 0 Å². The van der Waals surface area contributed by atoms with Crippen LogP contribution in [0, 0.1) is 0 Å². The minimum absolute atomic E-state index is 0.368. The Kier molecular flexibility index (Phi) is 3.78. The van der Waals surface area contributed by atoms with Crippen molar-refractivity contribution in [3.8, 4) is 0 Å². The first-order chi connectivity index (χ1) is 8.22. The molecule has 1 aromatic rings. The largest absolute Gasteiger partial charge is 0.379 e. The Hall–Kier alpha value is -1.36. The van der Waals surface area contributed by atoms with Gasteiger partial charge in [0.05, 0.1) is 12.6 Å². The predicted molar refractivity (Wildman–Crippen MR) is 68.5 cm³/mol. The summed E-state index contributed by atoms with van der Waals surface area (Å²) in [6.07, 6.45) is 2.63. The number of anilines is 2. The lowest BCUT2D eigenvalue weighted by molar-refractivity contribution is 0.195. The highest BCUT2D eigenvalue weighted by molar-refractivity contribution is 5.59. The summed E-state index contributed by atoms with van der Waals surface area (Å²) in [7, 11) is 1.89. The second-order valence-electron chi connectivity index (χ2n) is 4.59. The molecule has 17 heavy (non-hydrogen) atoms. The van der Waals surface area contributed by atoms with E-state index in [9.17, 15) is 0 Å². The van der Waals surface area contributed by atoms with Crippen molar-refractivity contribution in [2.45, 2.75) is 32.2 Å². The van der Waals surface area contributed by atoms with Crippen molar-refractivity contribution in [3.63, 3.8) is 0 Å². The van der Waals surface area contributed by atoms with Crippen molar-refractivity contribution < 1.29 is 4.74 Å². The van der Waals surface area contributed by atoms with E-state index in [0.29, 0.717) is 12.0 Å². The van der Waals surface area contributed by atoms with Gasteiger partial charge in [0.25, 0.3) is 0 Å². The van der Waals surface area contributed by atoms with Crippen molar-refractivity contribution in [3.05, 3.63) is 11.9 Å². The maximum atomic E-state index is 5.36. The summed E-state index contributed by atoms with van der Waals surface area (Å²) in [6.45, 7) is 5.89. The standard InChI is InChI=1S/C12H20N4O/c1-8(2)10-11(13-3)14-7-15-12(10)16-9-4-5-17-6-9/h7-9H,4-6H2,1-3H3,(H2,13,14,15,16). The number of hydrogen-bond donors (Lipinski definition) is 2. The SMILES string of the molecule is CNc1ncnc(NC2CCOC2)c1C(C)C. The fourth-order valence-electron chi connectivity index (χ4n) is 2.10. The van der Waals surface area contributed by atoms with E-state index in [1.165, 1.54) is 0 Å². The van der Waals surface area contributed by atoms with Crippen molar-refractivity contribution in [2.75, 3.05) is 30.9 Å². The molecule has 0 bridgehead atoms. The Bertz CT molecular complexity index is 375. The van der Waals surface area contributed by atoms with Crippen LogP contribution in [0.5, 0.6) is 0 Å². The molecule has 0 radical (unpaired) electrons. The molecule has 1 atom stereocenters. The van der Waals surface area contributed by atoms with E-state index in [1.807, 2.05) is 7.05 Å². The first-order valence-corrected chi connectivity index (χ1v) is 6.09. The van der Waals surface area contributed by atoms with Crippen molar-refractivity contribution in [1.29, 1.82) is 0 Å². The monoisotopic (exact) mass is 236 g/mol. The maximum Gasteiger partial charge on any atom is 0.135 e. The van der Waals surface area contributed by atoms with Crippen LogP contribution in [0.2, 0.25) is 0 Å². The van der Waals surface area contributed by atoms with Crippen LogP contribution in [0.25, 0.3) is 0 Å². The summed E-state index contributed by atoms with van der Waals surface area (Å²) < 4.78 is 5.36. The normalized spacial score (nSPS) is 19.6. The van der Waals surface area contributed by atoms with E-state index in [2.05, 4.69) is 34.4 Å². The van der Waals surface area contributed by atoms with Crippen molar-refractivity contribution in [2.24, 2.45) is 0 Å². The maximum absolute atomic E-state index is 5.36. The van der Waals surface area contributed by atoms with Crippen LogP contribution in [-0.2, 0) is 4.74 Å². The third kappa shape index (κ3) is 2.66. The zero-order valence-electron chi connectivity index (χ0n) is 10.7. The summed E-state index contributed by atoms with van der Waals surface area (Å²) >= 11 is 0. The fraction of sp³-hybridized carbons (Fsp3) is 0.667. The second-order valence-corrected chi connectivity index (χ2v) is 4.59. The van der Waals surface area contributed by atoms with Crippen molar-refractivity contribution in [1.82, 2.24) is 9.97 Å². The molecule has 1 aliphatic heterocycles. The van der Waals surface area contributed by atoms with Crippen LogP contribution < -0.4 is 10.6 Å². The summed E-state index contributed by atoms with van der Waals surface area (Å²) in [5, 5.41) is 6.57. The lowest BCUT2D eigenvalue weighted by atomic mass is 10.0. The van der Waals surface area contributed by atoms with Gasteiger partial charge in [-0.2, -0.15) is 0 Å². The lowest BCUT2D eigenvalue weighted by Crippen LogP contribution is -2.21. The molecule has 1 fully saturated rings. The molecule has 0 saturated carbocycles. The summed E-state index contributed by atoms with van der Waals surface area (Å²) in [5.41, 5.74) is 1.14. The molecule has 1 aromatic heterocycles. The summed E-state index contributed by atoms with van der Waals surface area (Å²) in [6, 6.07) is 0.368. The van der Waals surface area contributed by atoms with Gasteiger partial charge in [0.2, 0.25) is 0 Å². The fourth-order valence-corrected chi connectivity index (χ4v) is 2.10. The molecule has 0 amide bonds. The van der Waals surface area contributed by atoms with Gasteiger partial charge in [-0.1, -0.05) is 13.8 Å². The highest BCUT2D eigenvalue weighted by atomic mass is 16.5. The average molecular weight is 236 g/mol. The Morgan fingerprint density at radius 1 is 1.35 bits per heavy atom. The molecular weight excluding hydrogens is 216 g/mol. The quantitative estimate of drug-likeness (QED) is 0.835. The molecule has 0 aliphatic carbocycles. The first kappa shape index (κ1) is 12.1. The molecule has 5 nitrogen and oxygen atoms in total. The van der Waals surface area contributed by atoms with Crippen LogP contribution in [0.1, 0.15) is 31.7 Å². The third-order valence-electron chi connectivity index (χ3n) is 2.97. The Balaban J connectivity index is 2.25. The van der Waals surface area contributed by atoms with E-state index < -0.39 is 0 Å². The molecule has 1 saturated heterocycles. The number of rotatable bonds is 4. The van der Waals surface area contributed by atoms with Crippen molar-refractivity contribution >= 4 is 11.6 Å². The minimum Gasteiger partial charge on any atom is -0.379 e. The number of ether oxygens (including phenoxy) is 1. The number of hydrogen-bond acceptors (Lipinski definition) is 5. The highest BCUT2D eigenvalue weighted by Crippen LogP contribution is 2.28. The Labute approximate surface area is 102 Å². The molecule has 1 unspecified atom stereocenters. The summed E-state index contributed by atoms with van der Waals surface area (Å²) in [5.74, 6) is 2.20. The number of nitrogens with one attached hydrogen (secondary N) is 2. The topological polar surface area (TPSA) is 59.1 Å². The lowest BCUT2D eigenvalue weighted by Gasteiger charge is -2.19. The van der Waals surface area contributed by atoms with E-state index in [-0.39, 0.29) is 0 Å². The second kappa shape index (κ2) is 5.31. The predicted octanol–water partition coefficient (Wildman–Crippen LogP) is 1.84. The number of aromatic nitrogens is 2. The van der Waals surface area contributed by atoms with E-state index in [1.54, 1.807) is 6.33 Å². The molecule has 5 heteroatoms. The molecule has 2 N–H and O–H groups in total. The zero-order chi connectivity index (χ0) is 12.3. The van der Waals surface area contributed by atoms with Gasteiger partial charge < -0.3 is 15.4 Å². The van der Waals surface area contributed by atoms with E-state index >= 15 is 0 Å². The van der Waals surface area contributed by atoms with Gasteiger partial charge in [-0.3, -0.25) is 0 Å². The molecular formula is C12H20N4O. The van der Waals surface area contributed by atoms with E-state index in [4.69, 9.17) is 4.74 Å². The highest BCUT2D eigenvalue weighted by Gasteiger charge is 2.20. The Morgan fingerprint density at radius 3 is 2.71 bits per heavy atom. The molecule has 2 rings (SSSR count). The molecule has 0 aromatic carbocycles. The van der Waals surface area contributed by atoms with Crippen LogP contribution in [0.3, 0.4) is 0 Å². The van der Waals surface area contributed by atoms with Gasteiger partial charge >= 0.3 is 0 Å². The van der Waals surface area contributed by atoms with Gasteiger partial charge in [0.1, 0.15) is 18.0 Å². The van der Waals surface area contributed by atoms with Crippen LogP contribution in [0.15, 0.2) is 6.33 Å². The van der Waals surface area contributed by atoms with Gasteiger partial charge in [-0.05, 0) is 12.3 Å². The third-order valence-corrected chi connectivity index (χ3v) is 2.97. The van der Waals surface area contributed by atoms with E-state index in [0.717, 1.165) is 36.8 Å². The van der Waals surface area contributed by atoms with Crippen LogP contribution in [-0.4, -0.2) is 36.3 Å². The smallest absolute Gasteiger partial charge is 0.135 e. The Morgan fingerprint density at radius 2 is 2.12 bits per heavy atom. The number of nitrogens with zero attached hydrogens (tertiary/aromatic N) is 2. The van der Waals surface area contributed by atoms with Gasteiger partial charge in [0, 0.05) is 19.2 Å². The first-order valence-electron chi connectivity index (χ1n) is 6.09. The molecule has 1 aliphatic rings. The molecule has 0 spiro atoms. The van der Waals surface area contributed by atoms with Crippen LogP contribution in [0.4, 0.5) is 11.6 Å². The minimum atomic E-state index is 0.368. The van der Waals surface area contributed by atoms with Gasteiger partial charge in [-0.25, -0.2) is 9.97 Å². The van der Waals surface area contributed by atoms with Crippen LogP contribution >= 0.6 is 0 Å². The molecule has 2 heterocycles. The summed E-state index contributed by atoms with van der Waals surface area (Å²) in [4.78, 5) is 8.61. The average Bonchev–Trinajstić information content (AvgIpc) is 2.81. The van der Waals surface area contributed by atoms with Gasteiger partial charge in [0.15, 0.2) is 0 Å².